The van der Waals surface area contributed by atoms with Gasteiger partial charge < -0.3 is 15.8 Å². The number of nitrogens with two attached hydrogens (primary N) is 1. The molecule has 0 fully saturated rings. The van der Waals surface area contributed by atoms with E-state index in [0.717, 1.165) is 12.4 Å². The monoisotopic (exact) mass is 342 g/mol. The minimum atomic E-state index is -0.135. The van der Waals surface area contributed by atoms with E-state index in [4.69, 9.17) is 10.5 Å². The number of hydrogen-bond donors (Lipinski definition) is 2. The SMILES string of the molecule is CC(C)COc1ccc(C(C)(C)CNC(=O)CC(C)N)cc1.Cl. The molecule has 0 radical (unpaired) electrons. The molecule has 4 nitrogen and oxygen atoms in total. The molecule has 3 N–H and O–H groups in total. The number of ether oxygens (including phenoxy) is 1. The third-order valence-corrected chi connectivity index (χ3v) is 3.45. The highest BCUT2D eigenvalue weighted by Crippen LogP contribution is 2.24. The summed E-state index contributed by atoms with van der Waals surface area (Å²) in [5.74, 6) is 1.39. The Morgan fingerprint density at radius 3 is 2.26 bits per heavy atom. The van der Waals surface area contributed by atoms with Crippen LogP contribution in [-0.2, 0) is 10.2 Å². The van der Waals surface area contributed by atoms with Crippen molar-refractivity contribution in [3.8, 4) is 5.75 Å². The van der Waals surface area contributed by atoms with Gasteiger partial charge in [-0.3, -0.25) is 4.79 Å². The molecule has 0 spiro atoms. The van der Waals surface area contributed by atoms with Crippen molar-refractivity contribution in [2.45, 2.75) is 52.5 Å². The van der Waals surface area contributed by atoms with Crippen LogP contribution in [0.3, 0.4) is 0 Å². The van der Waals surface area contributed by atoms with Crippen molar-refractivity contribution in [3.63, 3.8) is 0 Å². The van der Waals surface area contributed by atoms with Gasteiger partial charge in [0, 0.05) is 24.4 Å². The minimum absolute atomic E-state index is 0. The molecule has 0 saturated heterocycles. The van der Waals surface area contributed by atoms with Crippen LogP contribution in [0.4, 0.5) is 0 Å². The maximum Gasteiger partial charge on any atom is 0.221 e. The molecular weight excluding hydrogens is 312 g/mol. The van der Waals surface area contributed by atoms with Gasteiger partial charge >= 0.3 is 0 Å². The Kier molecular flexibility index (Phi) is 9.25. The molecule has 1 unspecified atom stereocenters. The Morgan fingerprint density at radius 2 is 1.78 bits per heavy atom. The molecule has 1 rings (SSSR count). The van der Waals surface area contributed by atoms with Gasteiger partial charge in [0.2, 0.25) is 5.91 Å². The number of nitrogens with one attached hydrogen (secondary N) is 1. The van der Waals surface area contributed by atoms with Crippen LogP contribution >= 0.6 is 12.4 Å². The van der Waals surface area contributed by atoms with Crippen molar-refractivity contribution in [1.82, 2.24) is 5.32 Å². The van der Waals surface area contributed by atoms with E-state index in [9.17, 15) is 4.79 Å². The quantitative estimate of drug-likeness (QED) is 0.762. The topological polar surface area (TPSA) is 64.3 Å². The van der Waals surface area contributed by atoms with Gasteiger partial charge in [-0.2, -0.15) is 0 Å². The van der Waals surface area contributed by atoms with Gasteiger partial charge in [-0.25, -0.2) is 0 Å². The van der Waals surface area contributed by atoms with Crippen molar-refractivity contribution >= 4 is 18.3 Å². The first-order chi connectivity index (χ1) is 10.2. The van der Waals surface area contributed by atoms with Gasteiger partial charge in [-0.15, -0.1) is 12.4 Å². The molecule has 0 heterocycles. The summed E-state index contributed by atoms with van der Waals surface area (Å²) in [7, 11) is 0. The van der Waals surface area contributed by atoms with Crippen LogP contribution in [-0.4, -0.2) is 25.1 Å². The highest BCUT2D eigenvalue weighted by atomic mass is 35.5. The molecule has 23 heavy (non-hydrogen) atoms. The van der Waals surface area contributed by atoms with E-state index in [1.807, 2.05) is 19.1 Å². The summed E-state index contributed by atoms with van der Waals surface area (Å²) in [6.45, 7) is 11.6. The van der Waals surface area contributed by atoms with Crippen LogP contribution in [0, 0.1) is 5.92 Å². The zero-order chi connectivity index (χ0) is 16.8. The van der Waals surface area contributed by atoms with Crippen LogP contribution in [0.1, 0.15) is 46.6 Å². The molecule has 0 saturated carbocycles. The normalized spacial score (nSPS) is 12.5. The first-order valence-corrected chi connectivity index (χ1v) is 7.96. The lowest BCUT2D eigenvalue weighted by molar-refractivity contribution is -0.121. The predicted octanol–water partition coefficient (Wildman–Crippen LogP) is 3.27. The average molecular weight is 343 g/mol. The Labute approximate surface area is 146 Å². The highest BCUT2D eigenvalue weighted by molar-refractivity contribution is 5.85. The maximum absolute atomic E-state index is 11.7. The number of carbonyl (C=O) groups is 1. The van der Waals surface area contributed by atoms with E-state index in [-0.39, 0.29) is 29.8 Å². The predicted molar refractivity (Wildman–Crippen MR) is 98.3 cm³/mol. The van der Waals surface area contributed by atoms with E-state index in [1.165, 1.54) is 5.56 Å². The van der Waals surface area contributed by atoms with E-state index in [1.54, 1.807) is 0 Å². The first-order valence-electron chi connectivity index (χ1n) is 7.96. The molecule has 0 aliphatic rings. The molecule has 1 aromatic rings. The van der Waals surface area contributed by atoms with Crippen molar-refractivity contribution in [2.24, 2.45) is 11.7 Å². The van der Waals surface area contributed by atoms with Crippen LogP contribution in [0.25, 0.3) is 0 Å². The van der Waals surface area contributed by atoms with Crippen LogP contribution in [0.2, 0.25) is 0 Å². The van der Waals surface area contributed by atoms with E-state index >= 15 is 0 Å². The third kappa shape index (κ3) is 8.24. The second-order valence-corrected chi connectivity index (χ2v) is 7.07. The fourth-order valence-electron chi connectivity index (χ4n) is 2.05. The summed E-state index contributed by atoms with van der Waals surface area (Å²) < 4.78 is 5.69. The number of amides is 1. The zero-order valence-electron chi connectivity index (χ0n) is 14.9. The summed E-state index contributed by atoms with van der Waals surface area (Å²) in [6.07, 6.45) is 0.359. The lowest BCUT2D eigenvalue weighted by atomic mass is 9.84. The number of carbonyl (C=O) groups excluding carboxylic acids is 1. The Hall–Kier alpha value is -1.26. The number of rotatable bonds is 8. The molecule has 1 atom stereocenters. The standard InChI is InChI=1S/C18H30N2O2.ClH/c1-13(2)11-22-16-8-6-15(7-9-16)18(4,5)12-20-17(21)10-14(3)19;/h6-9,13-14H,10-12,19H2,1-5H3,(H,20,21);1H. The molecule has 1 amide bonds. The number of benzene rings is 1. The lowest BCUT2D eigenvalue weighted by Gasteiger charge is -2.26. The van der Waals surface area contributed by atoms with Crippen LogP contribution in [0.15, 0.2) is 24.3 Å². The van der Waals surface area contributed by atoms with Crippen molar-refractivity contribution in [1.29, 1.82) is 0 Å². The van der Waals surface area contributed by atoms with Gasteiger partial charge in [0.25, 0.3) is 0 Å². The van der Waals surface area contributed by atoms with Gasteiger partial charge in [0.1, 0.15) is 5.75 Å². The smallest absolute Gasteiger partial charge is 0.221 e. The first kappa shape index (κ1) is 21.7. The second kappa shape index (κ2) is 9.78. The fourth-order valence-corrected chi connectivity index (χ4v) is 2.05. The number of hydrogen-bond acceptors (Lipinski definition) is 3. The molecule has 0 aromatic heterocycles. The van der Waals surface area contributed by atoms with E-state index in [0.29, 0.717) is 18.9 Å². The van der Waals surface area contributed by atoms with Crippen molar-refractivity contribution in [2.75, 3.05) is 13.2 Å². The Morgan fingerprint density at radius 1 is 1.22 bits per heavy atom. The highest BCUT2D eigenvalue weighted by Gasteiger charge is 2.21. The molecule has 1 aromatic carbocycles. The van der Waals surface area contributed by atoms with Crippen molar-refractivity contribution < 1.29 is 9.53 Å². The summed E-state index contributed by atoms with van der Waals surface area (Å²) in [4.78, 5) is 11.7. The maximum atomic E-state index is 11.7. The molecule has 5 heteroatoms. The van der Waals surface area contributed by atoms with E-state index < -0.39 is 0 Å². The zero-order valence-corrected chi connectivity index (χ0v) is 15.7. The second-order valence-electron chi connectivity index (χ2n) is 7.07. The molecular formula is C18H31ClN2O2. The third-order valence-electron chi connectivity index (χ3n) is 3.45. The summed E-state index contributed by atoms with van der Waals surface area (Å²) in [6, 6.07) is 7.99. The molecule has 0 aliphatic heterocycles. The fraction of sp³-hybridized carbons (Fsp3) is 0.611. The van der Waals surface area contributed by atoms with Gasteiger partial charge in [-0.1, -0.05) is 39.8 Å². The van der Waals surface area contributed by atoms with Crippen LogP contribution < -0.4 is 15.8 Å². The van der Waals surface area contributed by atoms with Gasteiger partial charge in [-0.05, 0) is 30.5 Å². The largest absolute Gasteiger partial charge is 0.493 e. The van der Waals surface area contributed by atoms with Gasteiger partial charge in [0.15, 0.2) is 0 Å². The molecule has 0 aliphatic carbocycles. The molecule has 132 valence electrons. The average Bonchev–Trinajstić information content (AvgIpc) is 2.43. The van der Waals surface area contributed by atoms with E-state index in [2.05, 4.69) is 45.1 Å². The van der Waals surface area contributed by atoms with Gasteiger partial charge in [0.05, 0.1) is 6.61 Å². The Bertz CT molecular complexity index is 470. The number of halogens is 1. The Balaban J connectivity index is 0.00000484. The summed E-state index contributed by atoms with van der Waals surface area (Å²) in [5, 5.41) is 2.96. The lowest BCUT2D eigenvalue weighted by Crippen LogP contribution is -2.38. The van der Waals surface area contributed by atoms with Crippen molar-refractivity contribution in [3.05, 3.63) is 29.8 Å². The summed E-state index contributed by atoms with van der Waals surface area (Å²) >= 11 is 0. The molecule has 0 bridgehead atoms. The van der Waals surface area contributed by atoms with Crippen LogP contribution in [0.5, 0.6) is 5.75 Å². The minimum Gasteiger partial charge on any atom is -0.493 e. The summed E-state index contributed by atoms with van der Waals surface area (Å²) in [5.41, 5.74) is 6.67.